The first kappa shape index (κ1) is 11.6. The Morgan fingerprint density at radius 1 is 0.895 bits per heavy atom. The molecule has 2 heteroatoms. The Labute approximate surface area is 112 Å². The fourth-order valence-electron chi connectivity index (χ4n) is 2.24. The van der Waals surface area contributed by atoms with Crippen molar-refractivity contribution in [2.75, 3.05) is 7.11 Å². The molecule has 2 aromatic carbocycles. The summed E-state index contributed by atoms with van der Waals surface area (Å²) in [5, 5.41) is 10.3. The van der Waals surface area contributed by atoms with Crippen LogP contribution in [0.1, 0.15) is 22.3 Å². The maximum absolute atomic E-state index is 10.3. The van der Waals surface area contributed by atoms with Crippen LogP contribution in [-0.4, -0.2) is 12.2 Å². The Bertz CT molecular complexity index is 681. The summed E-state index contributed by atoms with van der Waals surface area (Å²) in [6.07, 6.45) is 5.85. The fraction of sp³-hybridized carbons (Fsp3) is 0.0588. The van der Waals surface area contributed by atoms with Crippen LogP contribution in [0.5, 0.6) is 5.75 Å². The van der Waals surface area contributed by atoms with Crippen molar-refractivity contribution in [3.8, 4) is 5.75 Å². The molecule has 0 radical (unpaired) electrons. The highest BCUT2D eigenvalue weighted by atomic mass is 16.5. The number of hydrogen-bond donors (Lipinski definition) is 1. The molecule has 1 aliphatic rings. The predicted octanol–water partition coefficient (Wildman–Crippen LogP) is 4.24. The van der Waals surface area contributed by atoms with E-state index in [0.717, 1.165) is 28.0 Å². The van der Waals surface area contributed by atoms with Crippen LogP contribution < -0.4 is 4.74 Å². The molecule has 0 heterocycles. The van der Waals surface area contributed by atoms with Crippen LogP contribution in [0.4, 0.5) is 0 Å². The van der Waals surface area contributed by atoms with E-state index in [1.54, 1.807) is 13.2 Å². The standard InChI is InChI=1S/C17H14O2/c1-19-15-8-9-16-14(10-15)7-6-12-4-2-3-5-13(12)11-17(16)18/h2-11,18H,1H3/b7-6-,12-6?,13-11?,14-7?,17-11?,17-16?. The van der Waals surface area contributed by atoms with Crippen molar-refractivity contribution in [2.45, 2.75) is 0 Å². The first-order valence-corrected chi connectivity index (χ1v) is 6.14. The number of ether oxygens (including phenoxy) is 1. The van der Waals surface area contributed by atoms with Crippen molar-refractivity contribution in [1.29, 1.82) is 0 Å². The largest absolute Gasteiger partial charge is 0.507 e. The number of aliphatic hydroxyl groups excluding tert-OH is 1. The van der Waals surface area contributed by atoms with Gasteiger partial charge in [0.15, 0.2) is 0 Å². The Morgan fingerprint density at radius 3 is 2.42 bits per heavy atom. The van der Waals surface area contributed by atoms with Crippen LogP contribution in [0.3, 0.4) is 0 Å². The van der Waals surface area contributed by atoms with Crippen molar-refractivity contribution in [3.05, 3.63) is 64.7 Å². The van der Waals surface area contributed by atoms with Crippen molar-refractivity contribution >= 4 is 24.0 Å². The molecule has 0 aromatic heterocycles. The molecule has 0 amide bonds. The Balaban J connectivity index is 2.19. The molecule has 1 N–H and O–H groups in total. The van der Waals surface area contributed by atoms with Gasteiger partial charge in [0.2, 0.25) is 0 Å². The molecule has 0 fully saturated rings. The minimum atomic E-state index is 0.273. The van der Waals surface area contributed by atoms with E-state index in [4.69, 9.17) is 4.74 Å². The van der Waals surface area contributed by atoms with E-state index in [-0.39, 0.29) is 5.76 Å². The molecule has 19 heavy (non-hydrogen) atoms. The predicted molar refractivity (Wildman–Crippen MR) is 78.9 cm³/mol. The number of rotatable bonds is 1. The Hall–Kier alpha value is -2.48. The van der Waals surface area contributed by atoms with Gasteiger partial charge in [-0.1, -0.05) is 36.4 Å². The minimum Gasteiger partial charge on any atom is -0.507 e. The van der Waals surface area contributed by atoms with Crippen molar-refractivity contribution in [3.63, 3.8) is 0 Å². The van der Waals surface area contributed by atoms with Gasteiger partial charge in [-0.15, -0.1) is 0 Å². The zero-order chi connectivity index (χ0) is 13.2. The van der Waals surface area contributed by atoms with Gasteiger partial charge in [0.25, 0.3) is 0 Å². The summed E-state index contributed by atoms with van der Waals surface area (Å²) in [5.74, 6) is 1.06. The van der Waals surface area contributed by atoms with Crippen molar-refractivity contribution in [1.82, 2.24) is 0 Å². The van der Waals surface area contributed by atoms with Gasteiger partial charge in [0, 0.05) is 5.56 Å². The van der Waals surface area contributed by atoms with E-state index in [1.165, 1.54) is 0 Å². The fourth-order valence-corrected chi connectivity index (χ4v) is 2.24. The van der Waals surface area contributed by atoms with Crippen LogP contribution >= 0.6 is 0 Å². The van der Waals surface area contributed by atoms with Crippen LogP contribution in [0.2, 0.25) is 0 Å². The number of benzene rings is 2. The van der Waals surface area contributed by atoms with E-state index in [1.807, 2.05) is 48.5 Å². The molecule has 0 unspecified atom stereocenters. The molecule has 3 rings (SSSR count). The number of aliphatic hydroxyl groups is 1. The van der Waals surface area contributed by atoms with Gasteiger partial charge in [-0.25, -0.2) is 0 Å². The van der Waals surface area contributed by atoms with Gasteiger partial charge < -0.3 is 9.84 Å². The van der Waals surface area contributed by atoms with Crippen LogP contribution in [0.25, 0.3) is 24.0 Å². The summed E-state index contributed by atoms with van der Waals surface area (Å²) >= 11 is 0. The average Bonchev–Trinajstić information content (AvgIpc) is 2.44. The van der Waals surface area contributed by atoms with Crippen LogP contribution in [0.15, 0.2) is 42.5 Å². The maximum Gasteiger partial charge on any atom is 0.124 e. The monoisotopic (exact) mass is 250 g/mol. The van der Waals surface area contributed by atoms with E-state index in [2.05, 4.69) is 6.08 Å². The molecule has 2 nitrogen and oxygen atoms in total. The highest BCUT2D eigenvalue weighted by Gasteiger charge is 2.10. The summed E-state index contributed by atoms with van der Waals surface area (Å²) in [6.45, 7) is 0. The highest BCUT2D eigenvalue weighted by molar-refractivity contribution is 5.89. The lowest BCUT2D eigenvalue weighted by Crippen LogP contribution is -1.93. The summed E-state index contributed by atoms with van der Waals surface area (Å²) < 4.78 is 5.22. The molecule has 0 atom stereocenters. The zero-order valence-electron chi connectivity index (χ0n) is 10.6. The second-order valence-corrected chi connectivity index (χ2v) is 4.45. The maximum atomic E-state index is 10.3. The zero-order valence-corrected chi connectivity index (χ0v) is 10.6. The molecule has 0 aliphatic heterocycles. The normalized spacial score (nSPS) is 14.5. The summed E-state index contributed by atoms with van der Waals surface area (Å²) in [6, 6.07) is 13.6. The second-order valence-electron chi connectivity index (χ2n) is 4.45. The molecule has 2 aromatic rings. The first-order valence-electron chi connectivity index (χ1n) is 6.14. The third kappa shape index (κ3) is 2.13. The van der Waals surface area contributed by atoms with E-state index in [0.29, 0.717) is 0 Å². The molecular formula is C17H14O2. The van der Waals surface area contributed by atoms with Crippen molar-refractivity contribution in [2.24, 2.45) is 0 Å². The van der Waals surface area contributed by atoms with Gasteiger partial charge in [-0.3, -0.25) is 0 Å². The van der Waals surface area contributed by atoms with E-state index < -0.39 is 0 Å². The van der Waals surface area contributed by atoms with Crippen molar-refractivity contribution < 1.29 is 9.84 Å². The van der Waals surface area contributed by atoms with Crippen LogP contribution in [0, 0.1) is 0 Å². The highest BCUT2D eigenvalue weighted by Crippen LogP contribution is 2.29. The summed E-state index contributed by atoms with van der Waals surface area (Å²) in [4.78, 5) is 0. The number of fused-ring (bicyclic) bond motifs is 2. The van der Waals surface area contributed by atoms with Gasteiger partial charge >= 0.3 is 0 Å². The van der Waals surface area contributed by atoms with Gasteiger partial charge in [0.05, 0.1) is 7.11 Å². The molecule has 0 saturated heterocycles. The van der Waals surface area contributed by atoms with Gasteiger partial charge in [-0.05, 0) is 41.0 Å². The van der Waals surface area contributed by atoms with Crippen LogP contribution in [-0.2, 0) is 0 Å². The van der Waals surface area contributed by atoms with Gasteiger partial charge in [-0.2, -0.15) is 0 Å². The molecule has 0 saturated carbocycles. The second kappa shape index (κ2) is 4.65. The molecule has 1 aliphatic carbocycles. The third-order valence-electron chi connectivity index (χ3n) is 3.27. The first-order chi connectivity index (χ1) is 9.28. The number of hydrogen-bond acceptors (Lipinski definition) is 2. The lowest BCUT2D eigenvalue weighted by molar-refractivity contribution is 0.414. The quantitative estimate of drug-likeness (QED) is 0.820. The molecule has 94 valence electrons. The molecule has 0 bridgehead atoms. The van der Waals surface area contributed by atoms with E-state index >= 15 is 0 Å². The lowest BCUT2D eigenvalue weighted by Gasteiger charge is -2.11. The third-order valence-corrected chi connectivity index (χ3v) is 3.27. The summed E-state index contributed by atoms with van der Waals surface area (Å²) in [5.41, 5.74) is 3.86. The topological polar surface area (TPSA) is 29.5 Å². The van der Waals surface area contributed by atoms with E-state index in [9.17, 15) is 5.11 Å². The van der Waals surface area contributed by atoms with Gasteiger partial charge in [0.1, 0.15) is 11.5 Å². The lowest BCUT2D eigenvalue weighted by atomic mass is 9.97. The Morgan fingerprint density at radius 2 is 1.63 bits per heavy atom. The molecule has 0 spiro atoms. The number of methoxy groups -OCH3 is 1. The Kier molecular flexibility index (Phi) is 2.84. The average molecular weight is 250 g/mol. The SMILES string of the molecule is COc1ccc2c(c1)/C=C\c1ccccc1C=C2O. The minimum absolute atomic E-state index is 0.273. The summed E-state index contributed by atoms with van der Waals surface area (Å²) in [7, 11) is 1.64. The molecular weight excluding hydrogens is 236 g/mol. The smallest absolute Gasteiger partial charge is 0.124 e.